The number of carbonyl (C=O) groups excluding carboxylic acids is 2. The van der Waals surface area contributed by atoms with Gasteiger partial charge in [0, 0.05) is 22.9 Å². The number of rotatable bonds is 5. The maximum absolute atomic E-state index is 12.1. The normalized spacial score (nSPS) is 11.0. The van der Waals surface area contributed by atoms with Crippen molar-refractivity contribution in [2.45, 2.75) is 33.1 Å². The number of nitro groups is 1. The lowest BCUT2D eigenvalue weighted by molar-refractivity contribution is -0.385. The van der Waals surface area contributed by atoms with E-state index in [2.05, 4.69) is 31.4 Å². The Hall–Kier alpha value is -3.22. The third-order valence-corrected chi connectivity index (χ3v) is 4.10. The molecule has 142 valence electrons. The van der Waals surface area contributed by atoms with Crippen LogP contribution in [0.25, 0.3) is 0 Å². The van der Waals surface area contributed by atoms with Gasteiger partial charge in [-0.3, -0.25) is 19.7 Å². The van der Waals surface area contributed by atoms with Crippen LogP contribution in [-0.2, 0) is 10.2 Å². The van der Waals surface area contributed by atoms with Crippen molar-refractivity contribution >= 4 is 23.2 Å². The minimum absolute atomic E-state index is 0.0272. The molecule has 0 aliphatic rings. The third-order valence-electron chi connectivity index (χ3n) is 4.10. The summed E-state index contributed by atoms with van der Waals surface area (Å²) in [5.74, 6) is -0.822. The van der Waals surface area contributed by atoms with Crippen LogP contribution in [0.4, 0.5) is 11.4 Å². The Morgan fingerprint density at radius 1 is 1.07 bits per heavy atom. The first-order chi connectivity index (χ1) is 12.6. The third kappa shape index (κ3) is 5.37. The lowest BCUT2D eigenvalue weighted by atomic mass is 9.87. The molecule has 0 bridgehead atoms. The van der Waals surface area contributed by atoms with Gasteiger partial charge in [-0.15, -0.1) is 0 Å². The zero-order valence-electron chi connectivity index (χ0n) is 15.8. The number of amides is 2. The van der Waals surface area contributed by atoms with Gasteiger partial charge >= 0.3 is 0 Å². The molecule has 27 heavy (non-hydrogen) atoms. The number of aryl methyl sites for hydroxylation is 1. The molecule has 2 amide bonds. The summed E-state index contributed by atoms with van der Waals surface area (Å²) in [4.78, 5) is 34.5. The molecular formula is C20H23N3O4. The lowest BCUT2D eigenvalue weighted by Crippen LogP contribution is -2.32. The fourth-order valence-electron chi connectivity index (χ4n) is 2.52. The molecule has 0 unspecified atom stereocenters. The second kappa shape index (κ2) is 7.99. The van der Waals surface area contributed by atoms with E-state index in [0.29, 0.717) is 11.3 Å². The minimum Gasteiger partial charge on any atom is -0.343 e. The van der Waals surface area contributed by atoms with Gasteiger partial charge in [0.15, 0.2) is 0 Å². The van der Waals surface area contributed by atoms with E-state index in [-0.39, 0.29) is 29.1 Å². The molecule has 0 saturated heterocycles. The topological polar surface area (TPSA) is 101 Å². The van der Waals surface area contributed by atoms with Crippen LogP contribution in [0.2, 0.25) is 0 Å². The molecule has 0 aliphatic heterocycles. The second-order valence-corrected chi connectivity index (χ2v) is 7.32. The zero-order valence-corrected chi connectivity index (χ0v) is 15.8. The average molecular weight is 369 g/mol. The van der Waals surface area contributed by atoms with Crippen molar-refractivity contribution in [1.82, 2.24) is 5.32 Å². The van der Waals surface area contributed by atoms with E-state index in [9.17, 15) is 19.7 Å². The predicted molar refractivity (Wildman–Crippen MR) is 104 cm³/mol. The van der Waals surface area contributed by atoms with E-state index in [1.165, 1.54) is 18.2 Å². The number of benzene rings is 2. The number of nitro benzene ring substituents is 1. The van der Waals surface area contributed by atoms with Crippen LogP contribution in [0.3, 0.4) is 0 Å². The number of nitrogens with one attached hydrogen (secondary N) is 2. The Morgan fingerprint density at radius 2 is 1.70 bits per heavy atom. The van der Waals surface area contributed by atoms with Crippen LogP contribution in [-0.4, -0.2) is 23.3 Å². The Kier molecular flexibility index (Phi) is 5.95. The van der Waals surface area contributed by atoms with Gasteiger partial charge in [-0.1, -0.05) is 32.9 Å². The van der Waals surface area contributed by atoms with Gasteiger partial charge in [-0.25, -0.2) is 0 Å². The minimum atomic E-state index is -0.505. The van der Waals surface area contributed by atoms with Crippen molar-refractivity contribution in [1.29, 1.82) is 0 Å². The first-order valence-electron chi connectivity index (χ1n) is 8.51. The van der Waals surface area contributed by atoms with Crippen LogP contribution < -0.4 is 10.6 Å². The van der Waals surface area contributed by atoms with Crippen LogP contribution >= 0.6 is 0 Å². The highest BCUT2D eigenvalue weighted by Crippen LogP contribution is 2.23. The summed E-state index contributed by atoms with van der Waals surface area (Å²) >= 11 is 0. The largest absolute Gasteiger partial charge is 0.343 e. The molecule has 0 radical (unpaired) electrons. The Labute approximate surface area is 157 Å². The van der Waals surface area contributed by atoms with E-state index >= 15 is 0 Å². The number of anilines is 1. The van der Waals surface area contributed by atoms with Gasteiger partial charge in [0.1, 0.15) is 0 Å². The average Bonchev–Trinajstić information content (AvgIpc) is 2.59. The van der Waals surface area contributed by atoms with Crippen LogP contribution in [0, 0.1) is 17.0 Å². The number of hydrogen-bond donors (Lipinski definition) is 2. The molecule has 0 saturated carbocycles. The molecule has 0 aromatic heterocycles. The molecule has 2 rings (SSSR count). The predicted octanol–water partition coefficient (Wildman–Crippen LogP) is 3.57. The standard InChI is InChI=1S/C20H23N3O4/c1-13-11-14(5-10-17(13)23(26)27)19(25)21-12-18(24)22-16-8-6-15(7-9-16)20(2,3)4/h5-11H,12H2,1-4H3,(H,21,25)(H,22,24). The molecule has 2 N–H and O–H groups in total. The summed E-state index contributed by atoms with van der Waals surface area (Å²) in [6, 6.07) is 11.6. The van der Waals surface area contributed by atoms with Gasteiger partial charge in [-0.05, 0) is 42.2 Å². The Balaban J connectivity index is 1.92. The van der Waals surface area contributed by atoms with E-state index in [4.69, 9.17) is 0 Å². The SMILES string of the molecule is Cc1cc(C(=O)NCC(=O)Nc2ccc(C(C)(C)C)cc2)ccc1[N+](=O)[O-]. The van der Waals surface area contributed by atoms with Gasteiger partial charge in [0.25, 0.3) is 11.6 Å². The Morgan fingerprint density at radius 3 is 2.22 bits per heavy atom. The first kappa shape index (κ1) is 20.1. The van der Waals surface area contributed by atoms with Crippen LogP contribution in [0.1, 0.15) is 42.3 Å². The van der Waals surface area contributed by atoms with E-state index in [0.717, 1.165) is 5.56 Å². The van der Waals surface area contributed by atoms with Crippen molar-refractivity contribution in [3.05, 3.63) is 69.3 Å². The van der Waals surface area contributed by atoms with Crippen molar-refractivity contribution in [2.75, 3.05) is 11.9 Å². The van der Waals surface area contributed by atoms with Crippen molar-refractivity contribution in [3.8, 4) is 0 Å². The smallest absolute Gasteiger partial charge is 0.272 e. The number of hydrogen-bond acceptors (Lipinski definition) is 4. The monoisotopic (exact) mass is 369 g/mol. The van der Waals surface area contributed by atoms with Gasteiger partial charge < -0.3 is 10.6 Å². The van der Waals surface area contributed by atoms with Crippen LogP contribution in [0.5, 0.6) is 0 Å². The summed E-state index contributed by atoms with van der Waals surface area (Å²) in [6.45, 7) is 7.68. The van der Waals surface area contributed by atoms with Crippen LogP contribution in [0.15, 0.2) is 42.5 Å². The summed E-state index contributed by atoms with van der Waals surface area (Å²) in [7, 11) is 0. The van der Waals surface area contributed by atoms with E-state index in [1.54, 1.807) is 6.92 Å². The highest BCUT2D eigenvalue weighted by molar-refractivity contribution is 5.99. The second-order valence-electron chi connectivity index (χ2n) is 7.32. The zero-order chi connectivity index (χ0) is 20.2. The highest BCUT2D eigenvalue weighted by atomic mass is 16.6. The number of nitrogens with zero attached hydrogens (tertiary/aromatic N) is 1. The molecular weight excluding hydrogens is 346 g/mol. The molecule has 0 spiro atoms. The van der Waals surface area contributed by atoms with E-state index in [1.807, 2.05) is 24.3 Å². The summed E-state index contributed by atoms with van der Waals surface area (Å²) in [5.41, 5.74) is 2.43. The quantitative estimate of drug-likeness (QED) is 0.621. The highest BCUT2D eigenvalue weighted by Gasteiger charge is 2.15. The molecule has 7 nitrogen and oxygen atoms in total. The van der Waals surface area contributed by atoms with Crippen molar-refractivity contribution < 1.29 is 14.5 Å². The summed E-state index contributed by atoms with van der Waals surface area (Å²) < 4.78 is 0. The molecule has 0 heterocycles. The van der Waals surface area contributed by atoms with Gasteiger partial charge in [0.2, 0.25) is 5.91 Å². The summed E-state index contributed by atoms with van der Waals surface area (Å²) in [5, 5.41) is 16.0. The number of carbonyl (C=O) groups is 2. The first-order valence-corrected chi connectivity index (χ1v) is 8.51. The molecule has 7 heteroatoms. The molecule has 2 aromatic carbocycles. The maximum atomic E-state index is 12.1. The van der Waals surface area contributed by atoms with Crippen molar-refractivity contribution in [3.63, 3.8) is 0 Å². The molecule has 0 atom stereocenters. The molecule has 0 aliphatic carbocycles. The van der Waals surface area contributed by atoms with Crippen molar-refractivity contribution in [2.24, 2.45) is 0 Å². The van der Waals surface area contributed by atoms with E-state index < -0.39 is 10.8 Å². The lowest BCUT2D eigenvalue weighted by Gasteiger charge is -2.19. The maximum Gasteiger partial charge on any atom is 0.272 e. The van der Waals surface area contributed by atoms with Gasteiger partial charge in [-0.2, -0.15) is 0 Å². The fourth-order valence-corrected chi connectivity index (χ4v) is 2.52. The van der Waals surface area contributed by atoms with Gasteiger partial charge in [0.05, 0.1) is 11.5 Å². The fraction of sp³-hybridized carbons (Fsp3) is 0.300. The summed E-state index contributed by atoms with van der Waals surface area (Å²) in [6.07, 6.45) is 0. The molecule has 0 fully saturated rings. The Bertz CT molecular complexity index is 868. The molecule has 2 aromatic rings.